The van der Waals surface area contributed by atoms with Crippen molar-refractivity contribution in [3.8, 4) is 5.75 Å². The summed E-state index contributed by atoms with van der Waals surface area (Å²) < 4.78 is 30.3. The zero-order valence-electron chi connectivity index (χ0n) is 13.8. The first-order valence-electron chi connectivity index (χ1n) is 7.85. The highest BCUT2D eigenvalue weighted by Crippen LogP contribution is 2.25. The Morgan fingerprint density at radius 1 is 1.21 bits per heavy atom. The maximum Gasteiger partial charge on any atom is 0.267 e. The van der Waals surface area contributed by atoms with Gasteiger partial charge in [-0.3, -0.25) is 4.79 Å². The fourth-order valence-electron chi connectivity index (χ4n) is 3.00. The number of aromatic nitrogens is 2. The lowest BCUT2D eigenvalue weighted by molar-refractivity contribution is 0.402. The van der Waals surface area contributed by atoms with Crippen molar-refractivity contribution in [3.63, 3.8) is 0 Å². The van der Waals surface area contributed by atoms with Crippen molar-refractivity contribution >= 4 is 9.84 Å². The number of fused-ring (bicyclic) bond motifs is 1. The normalized spacial score (nSPS) is 14.2. The minimum Gasteiger partial charge on any atom is -0.495 e. The number of sulfone groups is 1. The molecule has 0 unspecified atom stereocenters. The van der Waals surface area contributed by atoms with Gasteiger partial charge in [-0.2, -0.15) is 5.10 Å². The molecule has 0 amide bonds. The molecule has 0 radical (unpaired) electrons. The van der Waals surface area contributed by atoms with Gasteiger partial charge in [-0.05, 0) is 48.9 Å². The van der Waals surface area contributed by atoms with Gasteiger partial charge in [-0.1, -0.05) is 6.07 Å². The third-order valence-electron chi connectivity index (χ3n) is 4.23. The third kappa shape index (κ3) is 3.36. The number of rotatable bonds is 4. The first kappa shape index (κ1) is 16.7. The van der Waals surface area contributed by atoms with Crippen molar-refractivity contribution in [1.29, 1.82) is 0 Å². The van der Waals surface area contributed by atoms with Crippen LogP contribution in [0.3, 0.4) is 0 Å². The summed E-state index contributed by atoms with van der Waals surface area (Å²) in [7, 11) is -1.99. The Balaban J connectivity index is 1.99. The molecule has 0 N–H and O–H groups in total. The summed E-state index contributed by atoms with van der Waals surface area (Å²) in [5, 5.41) is 4.47. The number of nitrogens with zero attached hydrogens (tertiary/aromatic N) is 2. The molecular weight excluding hydrogens is 328 g/mol. The van der Waals surface area contributed by atoms with Crippen LogP contribution >= 0.6 is 0 Å². The van der Waals surface area contributed by atoms with Gasteiger partial charge >= 0.3 is 0 Å². The Morgan fingerprint density at radius 2 is 1.96 bits per heavy atom. The summed E-state index contributed by atoms with van der Waals surface area (Å²) >= 11 is 0. The lowest BCUT2D eigenvalue weighted by Gasteiger charge is -2.16. The van der Waals surface area contributed by atoms with E-state index in [4.69, 9.17) is 4.74 Å². The molecule has 1 aromatic carbocycles. The zero-order valence-corrected chi connectivity index (χ0v) is 14.6. The Kier molecular flexibility index (Phi) is 4.45. The van der Waals surface area contributed by atoms with Crippen molar-refractivity contribution in [2.45, 2.75) is 37.1 Å². The third-order valence-corrected chi connectivity index (χ3v) is 5.35. The number of methoxy groups -OCH3 is 1. The Labute approximate surface area is 141 Å². The second-order valence-electron chi connectivity index (χ2n) is 6.08. The van der Waals surface area contributed by atoms with E-state index in [9.17, 15) is 13.2 Å². The lowest BCUT2D eigenvalue weighted by atomic mass is 9.97. The van der Waals surface area contributed by atoms with Gasteiger partial charge in [0, 0.05) is 12.3 Å². The van der Waals surface area contributed by atoms with Crippen molar-refractivity contribution in [2.75, 3.05) is 13.4 Å². The molecule has 0 saturated heterocycles. The van der Waals surface area contributed by atoms with Crippen LogP contribution in [0.5, 0.6) is 5.75 Å². The number of hydrogen-bond acceptors (Lipinski definition) is 5. The first-order valence-corrected chi connectivity index (χ1v) is 9.74. The largest absolute Gasteiger partial charge is 0.495 e. The molecule has 0 atom stereocenters. The van der Waals surface area contributed by atoms with E-state index in [0.717, 1.165) is 43.2 Å². The van der Waals surface area contributed by atoms with Crippen LogP contribution in [0.25, 0.3) is 0 Å². The summed E-state index contributed by atoms with van der Waals surface area (Å²) in [6.07, 6.45) is 5.09. The van der Waals surface area contributed by atoms with Crippen LogP contribution < -0.4 is 10.3 Å². The van der Waals surface area contributed by atoms with Gasteiger partial charge in [0.05, 0.1) is 19.3 Å². The minimum atomic E-state index is -3.42. The van der Waals surface area contributed by atoms with Gasteiger partial charge in [0.2, 0.25) is 0 Å². The topological polar surface area (TPSA) is 78.3 Å². The van der Waals surface area contributed by atoms with Crippen LogP contribution in [0.1, 0.15) is 29.7 Å². The fraction of sp³-hybridized carbons (Fsp3) is 0.412. The maximum absolute atomic E-state index is 12.3. The van der Waals surface area contributed by atoms with Crippen LogP contribution in [0.15, 0.2) is 34.0 Å². The number of hydrogen-bond donors (Lipinski definition) is 0. The maximum atomic E-state index is 12.3. The van der Waals surface area contributed by atoms with Crippen LogP contribution in [0.2, 0.25) is 0 Å². The average Bonchev–Trinajstić information content (AvgIpc) is 2.54. The van der Waals surface area contributed by atoms with Gasteiger partial charge in [-0.15, -0.1) is 0 Å². The molecule has 128 valence electrons. The highest BCUT2D eigenvalue weighted by Gasteiger charge is 2.17. The average molecular weight is 348 g/mol. The zero-order chi connectivity index (χ0) is 17.3. The van der Waals surface area contributed by atoms with Gasteiger partial charge < -0.3 is 4.74 Å². The molecular formula is C17H20N2O4S. The molecule has 0 saturated carbocycles. The van der Waals surface area contributed by atoms with E-state index in [0.29, 0.717) is 11.3 Å². The molecule has 1 heterocycles. The van der Waals surface area contributed by atoms with E-state index in [1.807, 2.05) is 0 Å². The predicted molar refractivity (Wildman–Crippen MR) is 90.3 cm³/mol. The Hall–Kier alpha value is -2.15. The summed E-state index contributed by atoms with van der Waals surface area (Å²) in [5.41, 5.74) is 2.54. The molecule has 6 nitrogen and oxygen atoms in total. The van der Waals surface area contributed by atoms with E-state index in [-0.39, 0.29) is 17.0 Å². The second kappa shape index (κ2) is 6.39. The number of benzene rings is 1. The molecule has 24 heavy (non-hydrogen) atoms. The van der Waals surface area contributed by atoms with Crippen molar-refractivity contribution in [1.82, 2.24) is 9.78 Å². The Morgan fingerprint density at radius 3 is 2.67 bits per heavy atom. The molecule has 1 aromatic heterocycles. The fourth-order valence-corrected chi connectivity index (χ4v) is 3.88. The quantitative estimate of drug-likeness (QED) is 0.838. The lowest BCUT2D eigenvalue weighted by Crippen LogP contribution is -2.26. The molecule has 0 fully saturated rings. The van der Waals surface area contributed by atoms with Crippen molar-refractivity contribution < 1.29 is 13.2 Å². The van der Waals surface area contributed by atoms with Gasteiger partial charge in [0.25, 0.3) is 5.56 Å². The molecule has 1 aliphatic carbocycles. The summed E-state index contributed by atoms with van der Waals surface area (Å²) in [6, 6.07) is 6.56. The molecule has 1 aliphatic rings. The Bertz CT molecular complexity index is 932. The molecule has 3 rings (SSSR count). The first-order chi connectivity index (χ1) is 11.4. The minimum absolute atomic E-state index is 0.119. The van der Waals surface area contributed by atoms with Crippen LogP contribution in [-0.2, 0) is 29.2 Å². The van der Waals surface area contributed by atoms with Gasteiger partial charge in [-0.25, -0.2) is 13.1 Å². The second-order valence-corrected chi connectivity index (χ2v) is 8.06. The standard InChI is InChI=1S/C17H20N2O4S/c1-23-15-8-7-12(9-16(15)24(2,21)22)11-19-17(20)10-13-5-3-4-6-14(13)18-19/h7-10H,3-6,11H2,1-2H3. The molecule has 0 bridgehead atoms. The molecule has 2 aromatic rings. The SMILES string of the molecule is COc1ccc(Cn2nc3c(cc2=O)CCCC3)cc1S(C)(=O)=O. The highest BCUT2D eigenvalue weighted by atomic mass is 32.2. The van der Waals surface area contributed by atoms with Gasteiger partial charge in [0.1, 0.15) is 10.6 Å². The van der Waals surface area contributed by atoms with E-state index >= 15 is 0 Å². The van der Waals surface area contributed by atoms with E-state index in [1.54, 1.807) is 24.3 Å². The molecule has 0 aliphatic heterocycles. The van der Waals surface area contributed by atoms with Gasteiger partial charge in [0.15, 0.2) is 9.84 Å². The summed E-state index contributed by atoms with van der Waals surface area (Å²) in [5.74, 6) is 0.298. The van der Waals surface area contributed by atoms with Crippen LogP contribution in [-0.4, -0.2) is 31.6 Å². The van der Waals surface area contributed by atoms with E-state index in [2.05, 4.69) is 5.10 Å². The monoisotopic (exact) mass is 348 g/mol. The smallest absolute Gasteiger partial charge is 0.267 e. The van der Waals surface area contributed by atoms with E-state index in [1.165, 1.54) is 11.8 Å². The molecule has 7 heteroatoms. The highest BCUT2D eigenvalue weighted by molar-refractivity contribution is 7.90. The number of aryl methyl sites for hydroxylation is 2. The van der Waals surface area contributed by atoms with Crippen molar-refractivity contribution in [2.24, 2.45) is 0 Å². The predicted octanol–water partition coefficient (Wildman–Crippen LogP) is 1.58. The van der Waals surface area contributed by atoms with E-state index < -0.39 is 9.84 Å². The van der Waals surface area contributed by atoms with Crippen molar-refractivity contribution in [3.05, 3.63) is 51.4 Å². The molecule has 0 spiro atoms. The van der Waals surface area contributed by atoms with Crippen LogP contribution in [0, 0.1) is 0 Å². The van der Waals surface area contributed by atoms with Crippen LogP contribution in [0.4, 0.5) is 0 Å². The number of ether oxygens (including phenoxy) is 1. The summed E-state index contributed by atoms with van der Waals surface area (Å²) in [6.45, 7) is 0.235. The summed E-state index contributed by atoms with van der Waals surface area (Å²) in [4.78, 5) is 12.4.